The Kier molecular flexibility index (Phi) is 5.35. The van der Waals surface area contributed by atoms with Gasteiger partial charge in [-0.1, -0.05) is 12.1 Å². The van der Waals surface area contributed by atoms with Gasteiger partial charge in [0.1, 0.15) is 0 Å². The molecule has 0 radical (unpaired) electrons. The quantitative estimate of drug-likeness (QED) is 0.493. The summed E-state index contributed by atoms with van der Waals surface area (Å²) in [6.45, 7) is 1.25. The molecule has 3 N–H and O–H groups in total. The van der Waals surface area contributed by atoms with Gasteiger partial charge in [-0.2, -0.15) is 5.10 Å². The molecule has 1 aliphatic rings. The van der Waals surface area contributed by atoms with E-state index in [9.17, 15) is 13.2 Å². The van der Waals surface area contributed by atoms with Crippen molar-refractivity contribution in [2.24, 2.45) is 7.05 Å². The Labute approximate surface area is 172 Å². The molecular formula is C18H20N6O3S2. The molecule has 0 saturated heterocycles. The van der Waals surface area contributed by atoms with E-state index in [0.29, 0.717) is 30.2 Å². The van der Waals surface area contributed by atoms with E-state index in [0.717, 1.165) is 16.8 Å². The van der Waals surface area contributed by atoms with Crippen molar-refractivity contribution in [2.45, 2.75) is 24.5 Å². The molecule has 2 aromatic heterocycles. The lowest BCUT2D eigenvalue weighted by molar-refractivity contribution is 0.0965. The van der Waals surface area contributed by atoms with Gasteiger partial charge in [0.2, 0.25) is 0 Å². The number of rotatable bonds is 8. The van der Waals surface area contributed by atoms with E-state index in [4.69, 9.17) is 0 Å². The van der Waals surface area contributed by atoms with E-state index in [-0.39, 0.29) is 17.5 Å². The highest BCUT2D eigenvalue weighted by Gasteiger charge is 2.20. The number of aromatic nitrogens is 3. The van der Waals surface area contributed by atoms with Crippen LogP contribution in [0.1, 0.15) is 27.2 Å². The monoisotopic (exact) mass is 432 g/mol. The van der Waals surface area contributed by atoms with Crippen LogP contribution in [0.3, 0.4) is 0 Å². The fourth-order valence-corrected chi connectivity index (χ4v) is 5.01. The predicted octanol–water partition coefficient (Wildman–Crippen LogP) is 1.25. The summed E-state index contributed by atoms with van der Waals surface area (Å²) in [5, 5.41) is 12.1. The average Bonchev–Trinajstić information content (AvgIpc) is 3.41. The summed E-state index contributed by atoms with van der Waals surface area (Å²) in [7, 11) is -1.86. The summed E-state index contributed by atoms with van der Waals surface area (Å²) < 4.78 is 29.1. The van der Waals surface area contributed by atoms with Crippen LogP contribution in [0.4, 0.5) is 5.13 Å². The van der Waals surface area contributed by atoms with Crippen molar-refractivity contribution < 1.29 is 13.2 Å². The van der Waals surface area contributed by atoms with E-state index in [1.165, 1.54) is 16.7 Å². The molecule has 1 aliphatic heterocycles. The Morgan fingerprint density at radius 2 is 2.17 bits per heavy atom. The van der Waals surface area contributed by atoms with Gasteiger partial charge in [0.05, 0.1) is 5.69 Å². The van der Waals surface area contributed by atoms with Gasteiger partial charge in [0.15, 0.2) is 10.2 Å². The first-order valence-corrected chi connectivity index (χ1v) is 11.3. The Hall–Kier alpha value is -2.76. The SMILES string of the molecule is Cn1ccc(CCNS(=O)(=O)c2csc(NCc3ccc4c(c3)C(=O)NC4)n2)n1. The second-order valence-corrected chi connectivity index (χ2v) is 9.22. The smallest absolute Gasteiger partial charge is 0.258 e. The van der Waals surface area contributed by atoms with Crippen LogP contribution >= 0.6 is 11.3 Å². The van der Waals surface area contributed by atoms with E-state index < -0.39 is 10.0 Å². The number of hydrogen-bond acceptors (Lipinski definition) is 7. The number of hydrogen-bond donors (Lipinski definition) is 3. The molecule has 4 rings (SSSR count). The largest absolute Gasteiger partial charge is 0.357 e. The first kappa shape index (κ1) is 19.6. The molecule has 11 heteroatoms. The van der Waals surface area contributed by atoms with Crippen LogP contribution in [-0.2, 0) is 36.6 Å². The van der Waals surface area contributed by atoms with Gasteiger partial charge in [-0.05, 0) is 23.3 Å². The van der Waals surface area contributed by atoms with Crippen LogP contribution in [0.2, 0.25) is 0 Å². The fraction of sp³-hybridized carbons (Fsp3) is 0.278. The summed E-state index contributed by atoms with van der Waals surface area (Å²) in [5.41, 5.74) is 3.41. The van der Waals surface area contributed by atoms with E-state index >= 15 is 0 Å². The molecule has 3 heterocycles. The molecule has 3 aromatic rings. The number of fused-ring (bicyclic) bond motifs is 1. The number of carbonyl (C=O) groups is 1. The molecule has 0 bridgehead atoms. The maximum absolute atomic E-state index is 12.4. The van der Waals surface area contributed by atoms with Gasteiger partial charge in [0.25, 0.3) is 15.9 Å². The molecule has 1 aromatic carbocycles. The summed E-state index contributed by atoms with van der Waals surface area (Å²) in [4.78, 5) is 15.9. The molecule has 0 unspecified atom stereocenters. The lowest BCUT2D eigenvalue weighted by atomic mass is 10.1. The number of sulfonamides is 1. The zero-order chi connectivity index (χ0) is 20.4. The van der Waals surface area contributed by atoms with Crippen molar-refractivity contribution in [3.8, 4) is 0 Å². The van der Waals surface area contributed by atoms with Crippen molar-refractivity contribution in [3.05, 3.63) is 58.2 Å². The Morgan fingerprint density at radius 1 is 1.31 bits per heavy atom. The first-order valence-electron chi connectivity index (χ1n) is 8.98. The zero-order valence-electron chi connectivity index (χ0n) is 15.7. The normalized spacial score (nSPS) is 13.3. The van der Waals surface area contributed by atoms with Gasteiger partial charge >= 0.3 is 0 Å². The average molecular weight is 433 g/mol. The molecule has 0 fully saturated rings. The minimum atomic E-state index is -3.68. The third-order valence-electron chi connectivity index (χ3n) is 4.50. The maximum atomic E-state index is 12.4. The lowest BCUT2D eigenvalue weighted by Crippen LogP contribution is -2.26. The molecule has 1 amide bonds. The number of aryl methyl sites for hydroxylation is 1. The second-order valence-electron chi connectivity index (χ2n) is 6.65. The van der Waals surface area contributed by atoms with Crippen LogP contribution in [0, 0.1) is 0 Å². The lowest BCUT2D eigenvalue weighted by Gasteiger charge is -2.05. The molecule has 152 valence electrons. The van der Waals surface area contributed by atoms with Crippen molar-refractivity contribution in [3.63, 3.8) is 0 Å². The van der Waals surface area contributed by atoms with Gasteiger partial charge in [-0.3, -0.25) is 9.48 Å². The number of anilines is 1. The van der Waals surface area contributed by atoms with Gasteiger partial charge in [-0.25, -0.2) is 18.1 Å². The van der Waals surface area contributed by atoms with Crippen LogP contribution in [0.15, 0.2) is 40.9 Å². The predicted molar refractivity (Wildman–Crippen MR) is 109 cm³/mol. The summed E-state index contributed by atoms with van der Waals surface area (Å²) in [6, 6.07) is 7.56. The number of thiazole rings is 1. The third-order valence-corrected chi connectivity index (χ3v) is 6.80. The number of carbonyl (C=O) groups excluding carboxylic acids is 1. The van der Waals surface area contributed by atoms with Gasteiger partial charge < -0.3 is 10.6 Å². The summed E-state index contributed by atoms with van der Waals surface area (Å²) in [6.07, 6.45) is 2.32. The van der Waals surface area contributed by atoms with Crippen LogP contribution < -0.4 is 15.4 Å². The number of amides is 1. The van der Waals surface area contributed by atoms with Crippen LogP contribution in [0.25, 0.3) is 0 Å². The molecular weight excluding hydrogens is 412 g/mol. The van der Waals surface area contributed by atoms with E-state index in [1.807, 2.05) is 37.5 Å². The van der Waals surface area contributed by atoms with Gasteiger partial charge in [0, 0.05) is 50.2 Å². The zero-order valence-corrected chi connectivity index (χ0v) is 17.3. The number of nitrogens with zero attached hydrogens (tertiary/aromatic N) is 3. The van der Waals surface area contributed by atoms with Crippen molar-refractivity contribution in [1.82, 2.24) is 24.8 Å². The number of benzene rings is 1. The standard InChI is InChI=1S/C18H20N6O3S2/c1-24-7-5-14(23-24)4-6-21-29(26,27)16-11-28-18(22-16)20-9-12-2-3-13-10-19-17(25)15(13)8-12/h2-3,5,7-8,11,21H,4,6,9-10H2,1H3,(H,19,25)(H,20,22). The van der Waals surface area contributed by atoms with Crippen molar-refractivity contribution in [1.29, 1.82) is 0 Å². The molecule has 29 heavy (non-hydrogen) atoms. The molecule has 0 atom stereocenters. The van der Waals surface area contributed by atoms with Crippen LogP contribution in [0.5, 0.6) is 0 Å². The minimum absolute atomic E-state index is 0.0145. The van der Waals surface area contributed by atoms with Crippen molar-refractivity contribution in [2.75, 3.05) is 11.9 Å². The molecule has 0 aliphatic carbocycles. The highest BCUT2D eigenvalue weighted by atomic mass is 32.2. The summed E-state index contributed by atoms with van der Waals surface area (Å²) >= 11 is 1.22. The minimum Gasteiger partial charge on any atom is -0.357 e. The maximum Gasteiger partial charge on any atom is 0.258 e. The topological polar surface area (TPSA) is 118 Å². The summed E-state index contributed by atoms with van der Waals surface area (Å²) in [5.74, 6) is -0.0683. The first-order chi connectivity index (χ1) is 13.9. The van der Waals surface area contributed by atoms with Crippen LogP contribution in [-0.4, -0.2) is 35.6 Å². The highest BCUT2D eigenvalue weighted by Crippen LogP contribution is 2.21. The molecule has 0 saturated carbocycles. The highest BCUT2D eigenvalue weighted by molar-refractivity contribution is 7.89. The van der Waals surface area contributed by atoms with E-state index in [2.05, 4.69) is 25.4 Å². The van der Waals surface area contributed by atoms with Crippen molar-refractivity contribution >= 4 is 32.4 Å². The van der Waals surface area contributed by atoms with E-state index in [1.54, 1.807) is 4.68 Å². The fourth-order valence-electron chi connectivity index (χ4n) is 3.00. The Bertz CT molecular complexity index is 1150. The number of nitrogens with one attached hydrogen (secondary N) is 3. The molecule has 0 spiro atoms. The Morgan fingerprint density at radius 3 is 2.97 bits per heavy atom. The third kappa shape index (κ3) is 4.47. The second kappa shape index (κ2) is 7.93. The van der Waals surface area contributed by atoms with Gasteiger partial charge in [-0.15, -0.1) is 11.3 Å². The molecule has 9 nitrogen and oxygen atoms in total. The Balaban J connectivity index is 1.34.